The summed E-state index contributed by atoms with van der Waals surface area (Å²) in [6.07, 6.45) is 0. The van der Waals surface area contributed by atoms with Gasteiger partial charge in [-0.15, -0.1) is 0 Å². The molecule has 0 aliphatic carbocycles. The van der Waals surface area contributed by atoms with Crippen LogP contribution in [0.3, 0.4) is 0 Å². The molecule has 0 spiro atoms. The summed E-state index contributed by atoms with van der Waals surface area (Å²) in [6.45, 7) is 6.45. The Balaban J connectivity index is 1.85. The molecule has 0 fully saturated rings. The van der Waals surface area contributed by atoms with E-state index < -0.39 is 0 Å². The maximum Gasteiger partial charge on any atom is 0.316 e. The molecule has 2 rings (SSSR count). The van der Waals surface area contributed by atoms with E-state index in [0.29, 0.717) is 6.54 Å². The zero-order valence-corrected chi connectivity index (χ0v) is 13.8. The summed E-state index contributed by atoms with van der Waals surface area (Å²) >= 11 is 0. The van der Waals surface area contributed by atoms with Gasteiger partial charge in [0.15, 0.2) is 0 Å². The van der Waals surface area contributed by atoms with Gasteiger partial charge in [0.2, 0.25) is 0 Å². The van der Waals surface area contributed by atoms with E-state index in [2.05, 4.69) is 42.4 Å². The smallest absolute Gasteiger partial charge is 0.316 e. The fourth-order valence-corrected chi connectivity index (χ4v) is 2.36. The number of benzene rings is 2. The van der Waals surface area contributed by atoms with E-state index in [-0.39, 0.29) is 12.1 Å². The van der Waals surface area contributed by atoms with E-state index >= 15 is 0 Å². The van der Waals surface area contributed by atoms with Gasteiger partial charge >= 0.3 is 6.03 Å². The van der Waals surface area contributed by atoms with E-state index in [0.717, 1.165) is 11.1 Å². The highest BCUT2D eigenvalue weighted by Gasteiger charge is 2.11. The van der Waals surface area contributed by atoms with Gasteiger partial charge in [0, 0.05) is 5.56 Å². The van der Waals surface area contributed by atoms with E-state index in [1.165, 1.54) is 11.1 Å². The number of carbonyl (C=O) groups is 1. The lowest BCUT2D eigenvalue weighted by molar-refractivity contribution is 0.239. The molecular weight excluding hydrogens is 284 g/mol. The lowest BCUT2D eigenvalue weighted by Gasteiger charge is -2.17. The highest BCUT2D eigenvalue weighted by Crippen LogP contribution is 2.19. The maximum atomic E-state index is 11.9. The third-order valence-corrected chi connectivity index (χ3v) is 3.80. The monoisotopic (exact) mass is 306 g/mol. The zero-order chi connectivity index (χ0) is 16.7. The molecule has 1 unspecified atom stereocenters. The lowest BCUT2D eigenvalue weighted by atomic mass is 9.98. The first kappa shape index (κ1) is 16.6. The molecule has 1 atom stereocenters. The van der Waals surface area contributed by atoms with Crippen LogP contribution in [0.2, 0.25) is 0 Å². The van der Waals surface area contributed by atoms with E-state index in [9.17, 15) is 4.79 Å². The third kappa shape index (κ3) is 4.89. The van der Waals surface area contributed by atoms with E-state index in [1.54, 1.807) is 0 Å². The van der Waals surface area contributed by atoms with Crippen molar-refractivity contribution in [2.45, 2.75) is 26.8 Å². The van der Waals surface area contributed by atoms with Gasteiger partial charge in [-0.3, -0.25) is 0 Å². The summed E-state index contributed by atoms with van der Waals surface area (Å²) in [5.41, 5.74) is 4.52. The molecule has 2 amide bonds. The molecule has 0 bridgehead atoms. The summed E-state index contributed by atoms with van der Waals surface area (Å²) in [4.78, 5) is 11.9. The van der Waals surface area contributed by atoms with E-state index in [4.69, 9.17) is 0 Å². The average molecular weight is 306 g/mol. The largest absolute Gasteiger partial charge is 0.332 e. The van der Waals surface area contributed by atoms with Crippen LogP contribution in [0, 0.1) is 25.7 Å². The van der Waals surface area contributed by atoms with Gasteiger partial charge in [0.1, 0.15) is 0 Å². The van der Waals surface area contributed by atoms with Crippen molar-refractivity contribution < 1.29 is 4.79 Å². The molecule has 0 aliphatic rings. The number of hydrogen-bond donors (Lipinski definition) is 2. The number of amides is 2. The lowest BCUT2D eigenvalue weighted by Crippen LogP contribution is -2.37. The molecule has 2 aromatic rings. The van der Waals surface area contributed by atoms with Crippen LogP contribution in [0.15, 0.2) is 48.5 Å². The first-order chi connectivity index (χ1) is 11.1. The number of aryl methyl sites for hydroxylation is 1. The van der Waals surface area contributed by atoms with Crippen molar-refractivity contribution in [2.24, 2.45) is 0 Å². The number of carbonyl (C=O) groups excluding carboxylic acids is 1. The van der Waals surface area contributed by atoms with Crippen molar-refractivity contribution in [3.05, 3.63) is 70.8 Å². The first-order valence-corrected chi connectivity index (χ1v) is 7.72. The maximum absolute atomic E-state index is 11.9. The number of nitrogens with one attached hydrogen (secondary N) is 2. The Morgan fingerprint density at radius 1 is 1.09 bits per heavy atom. The summed E-state index contributed by atoms with van der Waals surface area (Å²) < 4.78 is 0. The number of hydrogen-bond acceptors (Lipinski definition) is 1. The van der Waals surface area contributed by atoms with Crippen molar-refractivity contribution in [2.75, 3.05) is 6.54 Å². The Morgan fingerprint density at radius 2 is 1.83 bits per heavy atom. The minimum atomic E-state index is -0.208. The van der Waals surface area contributed by atoms with Crippen molar-refractivity contribution in [3.8, 4) is 11.8 Å². The quantitative estimate of drug-likeness (QED) is 0.834. The molecule has 0 saturated carbocycles. The van der Waals surface area contributed by atoms with Gasteiger partial charge in [0.25, 0.3) is 0 Å². The minimum absolute atomic E-state index is 0.0445. The Hall–Kier alpha value is -2.73. The van der Waals surface area contributed by atoms with Gasteiger partial charge in [-0.05, 0) is 49.6 Å². The Kier molecular flexibility index (Phi) is 5.82. The van der Waals surface area contributed by atoms with Crippen LogP contribution in [-0.4, -0.2) is 12.6 Å². The summed E-state index contributed by atoms with van der Waals surface area (Å²) in [5, 5.41) is 5.71. The number of rotatable bonds is 3. The second-order valence-corrected chi connectivity index (χ2v) is 5.51. The summed E-state index contributed by atoms with van der Waals surface area (Å²) in [6, 6.07) is 15.6. The van der Waals surface area contributed by atoms with Crippen molar-refractivity contribution in [1.29, 1.82) is 0 Å². The zero-order valence-electron chi connectivity index (χ0n) is 13.8. The van der Waals surface area contributed by atoms with Gasteiger partial charge in [-0.1, -0.05) is 48.2 Å². The third-order valence-electron chi connectivity index (χ3n) is 3.80. The van der Waals surface area contributed by atoms with Crippen LogP contribution in [-0.2, 0) is 0 Å². The molecule has 23 heavy (non-hydrogen) atoms. The van der Waals surface area contributed by atoms with Crippen LogP contribution in [0.25, 0.3) is 0 Å². The minimum Gasteiger partial charge on any atom is -0.332 e. The normalized spacial score (nSPS) is 11.1. The van der Waals surface area contributed by atoms with Crippen LogP contribution in [0.1, 0.15) is 35.2 Å². The summed E-state index contributed by atoms with van der Waals surface area (Å²) in [5.74, 6) is 5.95. The van der Waals surface area contributed by atoms with Crippen molar-refractivity contribution in [1.82, 2.24) is 10.6 Å². The highest BCUT2D eigenvalue weighted by molar-refractivity contribution is 5.74. The fourth-order valence-electron chi connectivity index (χ4n) is 2.36. The Bertz CT molecular complexity index is 726. The molecule has 3 heteroatoms. The molecule has 0 aliphatic heterocycles. The Labute approximate surface area is 138 Å². The second-order valence-electron chi connectivity index (χ2n) is 5.51. The first-order valence-electron chi connectivity index (χ1n) is 7.72. The average Bonchev–Trinajstić information content (AvgIpc) is 2.55. The second kappa shape index (κ2) is 8.05. The van der Waals surface area contributed by atoms with Gasteiger partial charge < -0.3 is 10.6 Å². The van der Waals surface area contributed by atoms with Gasteiger partial charge in [-0.25, -0.2) is 4.79 Å². The highest BCUT2D eigenvalue weighted by atomic mass is 16.2. The molecule has 0 radical (unpaired) electrons. The van der Waals surface area contributed by atoms with Crippen molar-refractivity contribution >= 4 is 6.03 Å². The predicted molar refractivity (Wildman–Crippen MR) is 94.2 cm³/mol. The molecule has 0 saturated heterocycles. The molecule has 3 nitrogen and oxygen atoms in total. The fraction of sp³-hybridized carbons (Fsp3) is 0.250. The van der Waals surface area contributed by atoms with Crippen molar-refractivity contribution in [3.63, 3.8) is 0 Å². The molecule has 118 valence electrons. The standard InChI is InChI=1S/C20H22N2O/c1-15-9-7-13-19(16(15)2)17(3)22-20(23)21-14-8-12-18-10-5-4-6-11-18/h4-7,9-11,13,17H,14H2,1-3H3,(H2,21,22,23). The summed E-state index contributed by atoms with van der Waals surface area (Å²) in [7, 11) is 0. The van der Waals surface area contributed by atoms with E-state index in [1.807, 2.05) is 49.4 Å². The van der Waals surface area contributed by atoms with Gasteiger partial charge in [0.05, 0.1) is 12.6 Å². The van der Waals surface area contributed by atoms with Crippen LogP contribution >= 0.6 is 0 Å². The molecular formula is C20H22N2O. The van der Waals surface area contributed by atoms with Gasteiger partial charge in [-0.2, -0.15) is 0 Å². The molecule has 2 aromatic carbocycles. The predicted octanol–water partition coefficient (Wildman–Crippen LogP) is 3.72. The van der Waals surface area contributed by atoms with Crippen LogP contribution in [0.4, 0.5) is 4.79 Å². The SMILES string of the molecule is Cc1cccc(C(C)NC(=O)NCC#Cc2ccccc2)c1C. The van der Waals surface area contributed by atoms with Crippen LogP contribution < -0.4 is 10.6 Å². The Morgan fingerprint density at radius 3 is 2.57 bits per heavy atom. The van der Waals surface area contributed by atoms with Crippen LogP contribution in [0.5, 0.6) is 0 Å². The molecule has 0 heterocycles. The molecule has 0 aromatic heterocycles. The topological polar surface area (TPSA) is 41.1 Å². The molecule has 2 N–H and O–H groups in total. The number of urea groups is 1.